The third-order valence-electron chi connectivity index (χ3n) is 2.69. The number of aromatic nitrogens is 1. The molecule has 6 heteroatoms. The van der Waals surface area contributed by atoms with Gasteiger partial charge in [-0.15, -0.1) is 0 Å². The maximum absolute atomic E-state index is 9.11. The van der Waals surface area contributed by atoms with Crippen molar-refractivity contribution in [1.29, 1.82) is 0 Å². The largest absolute Gasteiger partial charge is 0.493 e. The van der Waals surface area contributed by atoms with E-state index in [9.17, 15) is 0 Å². The third-order valence-corrected chi connectivity index (χ3v) is 2.69. The Labute approximate surface area is 116 Å². The molecule has 0 bridgehead atoms. The Hall–Kier alpha value is -2.47. The molecule has 0 saturated heterocycles. The van der Waals surface area contributed by atoms with Gasteiger partial charge in [0.1, 0.15) is 0 Å². The number of aliphatic hydroxyl groups is 1. The fourth-order valence-corrected chi connectivity index (χ4v) is 1.63. The molecular formula is C14H16N2O4. The van der Waals surface area contributed by atoms with Crippen LogP contribution in [0, 0.1) is 0 Å². The number of nitrogen functional groups attached to an aromatic ring is 1. The van der Waals surface area contributed by atoms with Crippen LogP contribution in [0.1, 0.15) is 5.56 Å². The molecule has 0 spiro atoms. The quantitative estimate of drug-likeness (QED) is 0.868. The second kappa shape index (κ2) is 6.12. The maximum Gasteiger partial charge on any atom is 0.246 e. The van der Waals surface area contributed by atoms with Crippen LogP contribution in [-0.2, 0) is 6.61 Å². The Morgan fingerprint density at radius 3 is 2.55 bits per heavy atom. The Morgan fingerprint density at radius 1 is 1.10 bits per heavy atom. The monoisotopic (exact) mass is 276 g/mol. The molecule has 1 heterocycles. The van der Waals surface area contributed by atoms with E-state index >= 15 is 0 Å². The van der Waals surface area contributed by atoms with E-state index in [1.54, 1.807) is 30.3 Å². The van der Waals surface area contributed by atoms with Crippen molar-refractivity contribution >= 4 is 5.69 Å². The zero-order chi connectivity index (χ0) is 14.5. The lowest BCUT2D eigenvalue weighted by molar-refractivity contribution is 0.280. The van der Waals surface area contributed by atoms with Crippen LogP contribution >= 0.6 is 0 Å². The fourth-order valence-electron chi connectivity index (χ4n) is 1.63. The van der Waals surface area contributed by atoms with Crippen molar-refractivity contribution in [3.05, 3.63) is 35.9 Å². The highest BCUT2D eigenvalue weighted by molar-refractivity contribution is 5.53. The smallest absolute Gasteiger partial charge is 0.246 e. The van der Waals surface area contributed by atoms with E-state index in [2.05, 4.69) is 4.98 Å². The van der Waals surface area contributed by atoms with Crippen molar-refractivity contribution in [2.24, 2.45) is 0 Å². The van der Waals surface area contributed by atoms with Gasteiger partial charge in [0.15, 0.2) is 11.5 Å². The highest BCUT2D eigenvalue weighted by Crippen LogP contribution is 2.34. The number of hydrogen-bond acceptors (Lipinski definition) is 6. The Kier molecular flexibility index (Phi) is 4.27. The molecular weight excluding hydrogens is 260 g/mol. The summed E-state index contributed by atoms with van der Waals surface area (Å²) >= 11 is 0. The Balaban J connectivity index is 2.34. The number of nitrogens with zero attached hydrogens (tertiary/aromatic N) is 1. The molecule has 2 aromatic rings. The second-order valence-electron chi connectivity index (χ2n) is 3.99. The fraction of sp³-hybridized carbons (Fsp3) is 0.214. The van der Waals surface area contributed by atoms with Crippen LogP contribution in [0.15, 0.2) is 30.3 Å². The van der Waals surface area contributed by atoms with Gasteiger partial charge < -0.3 is 25.1 Å². The summed E-state index contributed by atoms with van der Waals surface area (Å²) in [6.07, 6.45) is 0. The summed E-state index contributed by atoms with van der Waals surface area (Å²) in [7, 11) is 3.03. The topological polar surface area (TPSA) is 86.8 Å². The van der Waals surface area contributed by atoms with E-state index in [4.69, 9.17) is 25.1 Å². The number of anilines is 1. The molecule has 20 heavy (non-hydrogen) atoms. The van der Waals surface area contributed by atoms with Crippen LogP contribution < -0.4 is 19.9 Å². The maximum atomic E-state index is 9.11. The summed E-state index contributed by atoms with van der Waals surface area (Å²) in [6, 6.07) is 8.40. The average Bonchev–Trinajstić information content (AvgIpc) is 2.49. The van der Waals surface area contributed by atoms with Gasteiger partial charge in [0.2, 0.25) is 11.8 Å². The van der Waals surface area contributed by atoms with Crippen molar-refractivity contribution in [3.63, 3.8) is 0 Å². The minimum atomic E-state index is -0.0732. The molecule has 2 rings (SSSR count). The molecule has 3 N–H and O–H groups in total. The number of hydrogen-bond donors (Lipinski definition) is 2. The number of aliphatic hydroxyl groups excluding tert-OH is 1. The predicted molar refractivity (Wildman–Crippen MR) is 74.2 cm³/mol. The average molecular weight is 276 g/mol. The number of benzene rings is 1. The summed E-state index contributed by atoms with van der Waals surface area (Å²) < 4.78 is 15.9. The van der Waals surface area contributed by atoms with Crippen LogP contribution in [0.25, 0.3) is 0 Å². The van der Waals surface area contributed by atoms with Crippen LogP contribution in [0.2, 0.25) is 0 Å². The highest BCUT2D eigenvalue weighted by Gasteiger charge is 2.11. The molecule has 106 valence electrons. The van der Waals surface area contributed by atoms with Crippen LogP contribution in [0.5, 0.6) is 23.3 Å². The summed E-state index contributed by atoms with van der Waals surface area (Å²) in [6.45, 7) is -0.0732. The van der Waals surface area contributed by atoms with Crippen LogP contribution in [0.4, 0.5) is 5.69 Å². The minimum absolute atomic E-state index is 0.0732. The first-order valence-corrected chi connectivity index (χ1v) is 5.94. The van der Waals surface area contributed by atoms with E-state index in [1.165, 1.54) is 14.2 Å². The van der Waals surface area contributed by atoms with Crippen molar-refractivity contribution in [2.75, 3.05) is 20.0 Å². The number of rotatable bonds is 5. The van der Waals surface area contributed by atoms with Gasteiger partial charge in [-0.25, -0.2) is 0 Å². The first-order valence-electron chi connectivity index (χ1n) is 5.94. The lowest BCUT2D eigenvalue weighted by Crippen LogP contribution is -1.99. The van der Waals surface area contributed by atoms with Gasteiger partial charge in [-0.2, -0.15) is 4.98 Å². The molecule has 0 saturated carbocycles. The molecule has 1 aromatic carbocycles. The first kappa shape index (κ1) is 14.0. The van der Waals surface area contributed by atoms with Gasteiger partial charge >= 0.3 is 0 Å². The molecule has 0 fully saturated rings. The van der Waals surface area contributed by atoms with Gasteiger partial charge in [0, 0.05) is 6.07 Å². The lowest BCUT2D eigenvalue weighted by atomic mass is 10.2. The van der Waals surface area contributed by atoms with Crippen molar-refractivity contribution in [2.45, 2.75) is 6.61 Å². The zero-order valence-electron chi connectivity index (χ0n) is 11.3. The molecule has 0 aliphatic carbocycles. The molecule has 0 aliphatic rings. The summed E-state index contributed by atoms with van der Waals surface area (Å²) in [5.41, 5.74) is 6.93. The van der Waals surface area contributed by atoms with E-state index < -0.39 is 0 Å². The first-order chi connectivity index (χ1) is 9.67. The Morgan fingerprint density at radius 2 is 1.90 bits per heavy atom. The summed E-state index contributed by atoms with van der Waals surface area (Å²) in [5.74, 6) is 1.58. The lowest BCUT2D eigenvalue weighted by Gasteiger charge is -2.12. The summed E-state index contributed by atoms with van der Waals surface area (Å²) in [4.78, 5) is 4.13. The number of pyridine rings is 1. The molecule has 0 unspecified atom stereocenters. The molecule has 0 amide bonds. The van der Waals surface area contributed by atoms with Crippen molar-refractivity contribution in [1.82, 2.24) is 4.98 Å². The number of ether oxygens (including phenoxy) is 3. The SMILES string of the molecule is COc1ccc(N)c(Oc2ccc(CO)cc2OC)n1. The van der Waals surface area contributed by atoms with Crippen LogP contribution in [0.3, 0.4) is 0 Å². The van der Waals surface area contributed by atoms with Gasteiger partial charge in [-0.3, -0.25) is 0 Å². The minimum Gasteiger partial charge on any atom is -0.493 e. The molecule has 1 aromatic heterocycles. The zero-order valence-corrected chi connectivity index (χ0v) is 11.3. The van der Waals surface area contributed by atoms with Crippen LogP contribution in [-0.4, -0.2) is 24.3 Å². The number of nitrogens with two attached hydrogens (primary N) is 1. The van der Waals surface area contributed by atoms with E-state index in [0.29, 0.717) is 23.1 Å². The normalized spacial score (nSPS) is 10.2. The Bertz CT molecular complexity index is 602. The molecule has 0 atom stereocenters. The standard InChI is InChI=1S/C14H16N2O4/c1-18-12-7-9(8-17)3-5-11(12)20-14-10(15)4-6-13(16-14)19-2/h3-7,17H,8,15H2,1-2H3. The van der Waals surface area contributed by atoms with E-state index in [1.807, 2.05) is 0 Å². The third kappa shape index (κ3) is 2.92. The van der Waals surface area contributed by atoms with E-state index in [-0.39, 0.29) is 12.5 Å². The molecule has 0 aliphatic heterocycles. The van der Waals surface area contributed by atoms with Crippen molar-refractivity contribution in [3.8, 4) is 23.3 Å². The second-order valence-corrected chi connectivity index (χ2v) is 3.99. The van der Waals surface area contributed by atoms with Crippen molar-refractivity contribution < 1.29 is 19.3 Å². The number of methoxy groups -OCH3 is 2. The van der Waals surface area contributed by atoms with Gasteiger partial charge in [0.25, 0.3) is 0 Å². The highest BCUT2D eigenvalue weighted by atomic mass is 16.5. The van der Waals surface area contributed by atoms with Gasteiger partial charge in [-0.05, 0) is 23.8 Å². The molecule has 0 radical (unpaired) electrons. The van der Waals surface area contributed by atoms with Gasteiger partial charge in [-0.1, -0.05) is 6.07 Å². The summed E-state index contributed by atoms with van der Waals surface area (Å²) in [5, 5.41) is 9.11. The molecule has 6 nitrogen and oxygen atoms in total. The van der Waals surface area contributed by atoms with Gasteiger partial charge in [0.05, 0.1) is 26.5 Å². The predicted octanol–water partition coefficient (Wildman–Crippen LogP) is 1.97. The van der Waals surface area contributed by atoms with E-state index in [0.717, 1.165) is 5.56 Å².